The van der Waals surface area contributed by atoms with Crippen LogP contribution in [0.3, 0.4) is 0 Å². The summed E-state index contributed by atoms with van der Waals surface area (Å²) in [6, 6.07) is 0. The number of alkyl halides is 3. The monoisotopic (exact) mass is 220 g/mol. The highest BCUT2D eigenvalue weighted by atomic mass is 19.4. The lowest BCUT2D eigenvalue weighted by Gasteiger charge is -2.34. The molecule has 0 heterocycles. The summed E-state index contributed by atoms with van der Waals surface area (Å²) in [4.78, 5) is 0. The van der Waals surface area contributed by atoms with Gasteiger partial charge in [-0.15, -0.1) is 0 Å². The van der Waals surface area contributed by atoms with Gasteiger partial charge in [0.25, 0.3) is 0 Å². The van der Waals surface area contributed by atoms with E-state index in [1.165, 1.54) is 6.08 Å². The van der Waals surface area contributed by atoms with Gasteiger partial charge in [0.15, 0.2) is 0 Å². The Bertz CT molecular complexity index is 256. The second-order valence-corrected chi connectivity index (χ2v) is 4.02. The standard InChI is InChI=1S/C10H15F3N2/c11-10(12,13)9-2-1-8(6-15)7(5-9)3-4-14/h3,7-9,14H,1-2,5-6,15H2. The average Bonchev–Trinajstić information content (AvgIpc) is 2.17. The molecule has 1 aliphatic rings. The topological polar surface area (TPSA) is 49.9 Å². The molecule has 5 heteroatoms. The molecule has 1 saturated carbocycles. The maximum Gasteiger partial charge on any atom is 0.391 e. The predicted molar refractivity (Wildman–Crippen MR) is 51.7 cm³/mol. The molecule has 15 heavy (non-hydrogen) atoms. The Morgan fingerprint density at radius 1 is 1.40 bits per heavy atom. The number of hydrogen-bond acceptors (Lipinski definition) is 2. The summed E-state index contributed by atoms with van der Waals surface area (Å²) in [6.07, 6.45) is -2.00. The lowest BCUT2D eigenvalue weighted by Crippen LogP contribution is -2.35. The first-order valence-corrected chi connectivity index (χ1v) is 5.01. The highest BCUT2D eigenvalue weighted by Gasteiger charge is 2.43. The summed E-state index contributed by atoms with van der Waals surface area (Å²) in [7, 11) is 0. The van der Waals surface area contributed by atoms with Crippen LogP contribution in [0.5, 0.6) is 0 Å². The van der Waals surface area contributed by atoms with Crippen molar-refractivity contribution >= 4 is 5.87 Å². The predicted octanol–water partition coefficient (Wildman–Crippen LogP) is 2.34. The molecule has 0 saturated heterocycles. The summed E-state index contributed by atoms with van der Waals surface area (Å²) in [5.41, 5.74) is 5.49. The Kier molecular flexibility index (Phi) is 3.94. The molecule has 3 atom stereocenters. The van der Waals surface area contributed by atoms with Crippen molar-refractivity contribution in [1.82, 2.24) is 0 Å². The van der Waals surface area contributed by atoms with Gasteiger partial charge in [-0.25, -0.2) is 0 Å². The van der Waals surface area contributed by atoms with E-state index in [1.807, 2.05) is 0 Å². The lowest BCUT2D eigenvalue weighted by atomic mass is 9.74. The Morgan fingerprint density at radius 3 is 2.53 bits per heavy atom. The highest BCUT2D eigenvalue weighted by molar-refractivity contribution is 5.48. The molecule has 0 spiro atoms. The van der Waals surface area contributed by atoms with Crippen molar-refractivity contribution in [3.05, 3.63) is 6.08 Å². The van der Waals surface area contributed by atoms with E-state index in [2.05, 4.69) is 5.87 Å². The quantitative estimate of drug-likeness (QED) is 0.689. The van der Waals surface area contributed by atoms with Crippen LogP contribution >= 0.6 is 0 Å². The van der Waals surface area contributed by atoms with Crippen LogP contribution in [0.15, 0.2) is 6.08 Å². The zero-order valence-corrected chi connectivity index (χ0v) is 8.35. The molecule has 1 rings (SSSR count). The van der Waals surface area contributed by atoms with Crippen molar-refractivity contribution in [2.45, 2.75) is 25.4 Å². The SMILES string of the molecule is N=C=CC1CC(C(F)(F)F)CCC1CN. The summed E-state index contributed by atoms with van der Waals surface area (Å²) >= 11 is 0. The molecule has 0 aromatic heterocycles. The van der Waals surface area contributed by atoms with Crippen LogP contribution in [-0.4, -0.2) is 18.6 Å². The van der Waals surface area contributed by atoms with Gasteiger partial charge in [-0.2, -0.15) is 13.2 Å². The minimum atomic E-state index is -4.12. The molecular weight excluding hydrogens is 205 g/mol. The van der Waals surface area contributed by atoms with Gasteiger partial charge in [-0.05, 0) is 49.6 Å². The molecule has 1 fully saturated rings. The highest BCUT2D eigenvalue weighted by Crippen LogP contribution is 2.42. The molecule has 0 bridgehead atoms. The van der Waals surface area contributed by atoms with E-state index < -0.39 is 12.1 Å². The molecule has 86 valence electrons. The summed E-state index contributed by atoms with van der Waals surface area (Å²) in [6.45, 7) is 0.382. The molecule has 0 aromatic rings. The van der Waals surface area contributed by atoms with Gasteiger partial charge in [0.2, 0.25) is 0 Å². The smallest absolute Gasteiger partial charge is 0.330 e. The zero-order chi connectivity index (χ0) is 11.5. The molecule has 0 aliphatic heterocycles. The van der Waals surface area contributed by atoms with E-state index in [1.54, 1.807) is 0 Å². The maximum atomic E-state index is 12.5. The Balaban J connectivity index is 2.70. The van der Waals surface area contributed by atoms with E-state index in [0.29, 0.717) is 13.0 Å². The Hall–Kier alpha value is -0.800. The minimum Gasteiger partial charge on any atom is -0.330 e. The average molecular weight is 220 g/mol. The van der Waals surface area contributed by atoms with Crippen molar-refractivity contribution < 1.29 is 13.2 Å². The second kappa shape index (κ2) is 4.81. The Labute approximate surface area is 86.9 Å². The normalized spacial score (nSPS) is 32.1. The van der Waals surface area contributed by atoms with E-state index in [4.69, 9.17) is 11.1 Å². The van der Waals surface area contributed by atoms with Gasteiger partial charge < -0.3 is 5.73 Å². The fraction of sp³-hybridized carbons (Fsp3) is 0.800. The summed E-state index contributed by atoms with van der Waals surface area (Å²) in [5.74, 6) is 0.663. The number of nitrogens with two attached hydrogens (primary N) is 1. The number of halogens is 3. The third-order valence-electron chi connectivity index (χ3n) is 3.11. The first-order valence-electron chi connectivity index (χ1n) is 5.01. The lowest BCUT2D eigenvalue weighted by molar-refractivity contribution is -0.186. The number of allylic oxidation sites excluding steroid dienone is 1. The molecule has 0 aromatic carbocycles. The van der Waals surface area contributed by atoms with Crippen LogP contribution in [-0.2, 0) is 0 Å². The van der Waals surface area contributed by atoms with Crippen LogP contribution in [0.2, 0.25) is 0 Å². The van der Waals surface area contributed by atoms with Gasteiger partial charge in [0, 0.05) is 0 Å². The van der Waals surface area contributed by atoms with Crippen LogP contribution < -0.4 is 5.73 Å². The van der Waals surface area contributed by atoms with E-state index in [-0.39, 0.29) is 24.7 Å². The summed E-state index contributed by atoms with van der Waals surface area (Å²) < 4.78 is 37.4. The van der Waals surface area contributed by atoms with Gasteiger partial charge in [-0.3, -0.25) is 5.41 Å². The van der Waals surface area contributed by atoms with Gasteiger partial charge in [-0.1, -0.05) is 0 Å². The zero-order valence-electron chi connectivity index (χ0n) is 8.35. The molecule has 0 radical (unpaired) electrons. The minimum absolute atomic E-state index is 0.0528. The molecule has 1 aliphatic carbocycles. The number of rotatable bonds is 2. The van der Waals surface area contributed by atoms with Gasteiger partial charge in [0.05, 0.1) is 5.92 Å². The Morgan fingerprint density at radius 2 is 2.07 bits per heavy atom. The first-order chi connectivity index (χ1) is 6.99. The van der Waals surface area contributed by atoms with Crippen molar-refractivity contribution in [2.24, 2.45) is 23.5 Å². The number of hydrogen-bond donors (Lipinski definition) is 2. The van der Waals surface area contributed by atoms with Crippen LogP contribution in [0.4, 0.5) is 13.2 Å². The second-order valence-electron chi connectivity index (χ2n) is 4.02. The van der Waals surface area contributed by atoms with Gasteiger partial charge in [0.1, 0.15) is 0 Å². The van der Waals surface area contributed by atoms with E-state index in [0.717, 1.165) is 0 Å². The van der Waals surface area contributed by atoms with Crippen LogP contribution in [0.25, 0.3) is 0 Å². The third-order valence-corrected chi connectivity index (χ3v) is 3.11. The van der Waals surface area contributed by atoms with Gasteiger partial charge >= 0.3 is 6.18 Å². The fourth-order valence-electron chi connectivity index (χ4n) is 2.17. The van der Waals surface area contributed by atoms with Crippen molar-refractivity contribution in [1.29, 1.82) is 5.41 Å². The third kappa shape index (κ3) is 3.08. The molecule has 0 amide bonds. The molecule has 3 unspecified atom stereocenters. The molecule has 2 nitrogen and oxygen atoms in total. The van der Waals surface area contributed by atoms with Crippen LogP contribution in [0, 0.1) is 23.2 Å². The first kappa shape index (κ1) is 12.3. The maximum absolute atomic E-state index is 12.5. The fourth-order valence-corrected chi connectivity index (χ4v) is 2.17. The van der Waals surface area contributed by atoms with E-state index >= 15 is 0 Å². The largest absolute Gasteiger partial charge is 0.391 e. The molecular formula is C10H15F3N2. The van der Waals surface area contributed by atoms with Crippen LogP contribution in [0.1, 0.15) is 19.3 Å². The van der Waals surface area contributed by atoms with Crippen molar-refractivity contribution in [3.8, 4) is 0 Å². The number of nitrogens with one attached hydrogen (secondary N) is 1. The van der Waals surface area contributed by atoms with Crippen molar-refractivity contribution in [3.63, 3.8) is 0 Å². The molecule has 3 N–H and O–H groups in total. The van der Waals surface area contributed by atoms with E-state index in [9.17, 15) is 13.2 Å². The van der Waals surface area contributed by atoms with Crippen molar-refractivity contribution in [2.75, 3.05) is 6.54 Å². The summed E-state index contributed by atoms with van der Waals surface area (Å²) in [5, 5.41) is 6.80.